The van der Waals surface area contributed by atoms with Crippen LogP contribution in [0.5, 0.6) is 0 Å². The van der Waals surface area contributed by atoms with Crippen molar-refractivity contribution >= 4 is 6.09 Å². The lowest BCUT2D eigenvalue weighted by molar-refractivity contribution is 0.137. The minimum atomic E-state index is -0.901. The summed E-state index contributed by atoms with van der Waals surface area (Å²) in [6.07, 6.45) is -0.201. The molecule has 0 fully saturated rings. The summed E-state index contributed by atoms with van der Waals surface area (Å²) < 4.78 is 0. The van der Waals surface area contributed by atoms with E-state index in [1.54, 1.807) is 7.05 Å². The van der Waals surface area contributed by atoms with Crippen molar-refractivity contribution in [3.8, 4) is 0 Å². The Balaban J connectivity index is 1.94. The fourth-order valence-corrected chi connectivity index (χ4v) is 2.37. The Hall–Kier alpha value is -2.33. The first kappa shape index (κ1) is 16.0. The van der Waals surface area contributed by atoms with Crippen LogP contribution in [0.15, 0.2) is 60.7 Å². The second kappa shape index (κ2) is 8.20. The Bertz CT molecular complexity index is 572. The molecule has 116 valence electrons. The van der Waals surface area contributed by atoms with E-state index in [9.17, 15) is 9.90 Å². The van der Waals surface area contributed by atoms with Crippen LogP contribution in [0.1, 0.15) is 11.1 Å². The van der Waals surface area contributed by atoms with Gasteiger partial charge in [-0.15, -0.1) is 0 Å². The van der Waals surface area contributed by atoms with E-state index in [4.69, 9.17) is 0 Å². The number of amides is 1. The first-order valence-corrected chi connectivity index (χ1v) is 7.41. The molecule has 0 heterocycles. The van der Waals surface area contributed by atoms with Crippen LogP contribution in [0, 0.1) is 0 Å². The van der Waals surface area contributed by atoms with Gasteiger partial charge in [0.15, 0.2) is 0 Å². The molecule has 2 aromatic rings. The standard InChI is InChI=1S/C18H22N2O2/c1-20(18(21)22)17(12-15-8-4-2-5-9-15)14-19-13-16-10-6-3-7-11-16/h2-11,17,19H,12-14H2,1H3,(H,21,22)/t17-/m1/s1. The van der Waals surface area contributed by atoms with Gasteiger partial charge in [0.25, 0.3) is 0 Å². The highest BCUT2D eigenvalue weighted by molar-refractivity contribution is 5.65. The molecule has 4 heteroatoms. The van der Waals surface area contributed by atoms with Crippen LogP contribution < -0.4 is 5.32 Å². The van der Waals surface area contributed by atoms with Gasteiger partial charge in [-0.2, -0.15) is 0 Å². The SMILES string of the molecule is CN(C(=O)O)[C@@H](CNCc1ccccc1)Cc1ccccc1. The molecule has 0 radical (unpaired) electrons. The van der Waals surface area contributed by atoms with Gasteiger partial charge in [0, 0.05) is 20.1 Å². The Morgan fingerprint density at radius 2 is 1.59 bits per heavy atom. The Morgan fingerprint density at radius 3 is 2.14 bits per heavy atom. The van der Waals surface area contributed by atoms with E-state index >= 15 is 0 Å². The van der Waals surface area contributed by atoms with Gasteiger partial charge in [0.2, 0.25) is 0 Å². The highest BCUT2D eigenvalue weighted by Crippen LogP contribution is 2.08. The van der Waals surface area contributed by atoms with Crippen molar-refractivity contribution in [3.63, 3.8) is 0 Å². The lowest BCUT2D eigenvalue weighted by Crippen LogP contribution is -2.44. The molecule has 0 aromatic heterocycles. The summed E-state index contributed by atoms with van der Waals surface area (Å²) in [6, 6.07) is 20.0. The molecule has 0 spiro atoms. The van der Waals surface area contributed by atoms with E-state index in [0.717, 1.165) is 12.1 Å². The highest BCUT2D eigenvalue weighted by atomic mass is 16.4. The second-order valence-electron chi connectivity index (χ2n) is 5.35. The van der Waals surface area contributed by atoms with Crippen molar-refractivity contribution in [1.82, 2.24) is 10.2 Å². The van der Waals surface area contributed by atoms with Gasteiger partial charge in [-0.3, -0.25) is 0 Å². The molecule has 2 aromatic carbocycles. The molecular weight excluding hydrogens is 276 g/mol. The molecule has 0 bridgehead atoms. The molecule has 22 heavy (non-hydrogen) atoms. The van der Waals surface area contributed by atoms with E-state index in [1.165, 1.54) is 10.5 Å². The average Bonchev–Trinajstić information content (AvgIpc) is 2.55. The summed E-state index contributed by atoms with van der Waals surface area (Å²) in [5.74, 6) is 0. The lowest BCUT2D eigenvalue weighted by atomic mass is 10.0. The number of nitrogens with one attached hydrogen (secondary N) is 1. The van der Waals surface area contributed by atoms with Gasteiger partial charge < -0.3 is 15.3 Å². The number of benzene rings is 2. The minimum absolute atomic E-state index is 0.0939. The maximum atomic E-state index is 11.3. The fourth-order valence-electron chi connectivity index (χ4n) is 2.37. The zero-order chi connectivity index (χ0) is 15.8. The van der Waals surface area contributed by atoms with Crippen molar-refractivity contribution in [2.24, 2.45) is 0 Å². The zero-order valence-corrected chi connectivity index (χ0v) is 12.8. The number of hydrogen-bond acceptors (Lipinski definition) is 2. The molecule has 0 aliphatic rings. The summed E-state index contributed by atoms with van der Waals surface area (Å²) in [5.41, 5.74) is 2.33. The summed E-state index contributed by atoms with van der Waals surface area (Å²) >= 11 is 0. The fraction of sp³-hybridized carbons (Fsp3) is 0.278. The quantitative estimate of drug-likeness (QED) is 0.826. The normalized spacial score (nSPS) is 11.9. The van der Waals surface area contributed by atoms with Crippen LogP contribution in [-0.4, -0.2) is 35.7 Å². The number of carbonyl (C=O) groups is 1. The van der Waals surface area contributed by atoms with Gasteiger partial charge in [-0.05, 0) is 17.5 Å². The molecule has 1 amide bonds. The van der Waals surface area contributed by atoms with Gasteiger partial charge >= 0.3 is 6.09 Å². The smallest absolute Gasteiger partial charge is 0.407 e. The van der Waals surface area contributed by atoms with E-state index in [2.05, 4.69) is 17.4 Å². The summed E-state index contributed by atoms with van der Waals surface area (Å²) in [4.78, 5) is 12.6. The molecule has 2 rings (SSSR count). The van der Waals surface area contributed by atoms with Crippen molar-refractivity contribution < 1.29 is 9.90 Å². The summed E-state index contributed by atoms with van der Waals surface area (Å²) in [6.45, 7) is 1.35. The summed E-state index contributed by atoms with van der Waals surface area (Å²) in [5, 5.41) is 12.6. The van der Waals surface area contributed by atoms with Gasteiger partial charge in [-0.25, -0.2) is 4.79 Å². The van der Waals surface area contributed by atoms with Crippen molar-refractivity contribution in [1.29, 1.82) is 0 Å². The predicted octanol–water partition coefficient (Wildman–Crippen LogP) is 3.00. The van der Waals surface area contributed by atoms with Gasteiger partial charge in [-0.1, -0.05) is 60.7 Å². The molecule has 0 saturated heterocycles. The van der Waals surface area contributed by atoms with Crippen LogP contribution in [0.25, 0.3) is 0 Å². The average molecular weight is 298 g/mol. The van der Waals surface area contributed by atoms with Crippen LogP contribution in [-0.2, 0) is 13.0 Å². The van der Waals surface area contributed by atoms with Crippen molar-refractivity contribution in [2.45, 2.75) is 19.0 Å². The Morgan fingerprint density at radius 1 is 1.05 bits per heavy atom. The Labute approximate surface area is 131 Å². The lowest BCUT2D eigenvalue weighted by Gasteiger charge is -2.26. The van der Waals surface area contributed by atoms with Crippen LogP contribution in [0.3, 0.4) is 0 Å². The number of nitrogens with zero attached hydrogens (tertiary/aromatic N) is 1. The summed E-state index contributed by atoms with van der Waals surface area (Å²) in [7, 11) is 1.63. The predicted molar refractivity (Wildman–Crippen MR) is 87.9 cm³/mol. The maximum Gasteiger partial charge on any atom is 0.407 e. The molecule has 1 atom stereocenters. The molecule has 0 aliphatic carbocycles. The van der Waals surface area contributed by atoms with Crippen LogP contribution in [0.4, 0.5) is 4.79 Å². The third-order valence-electron chi connectivity index (χ3n) is 3.72. The van der Waals surface area contributed by atoms with E-state index in [1.807, 2.05) is 48.5 Å². The number of rotatable bonds is 7. The largest absolute Gasteiger partial charge is 0.465 e. The molecule has 4 nitrogen and oxygen atoms in total. The second-order valence-corrected chi connectivity index (χ2v) is 5.35. The zero-order valence-electron chi connectivity index (χ0n) is 12.8. The van der Waals surface area contributed by atoms with Crippen molar-refractivity contribution in [3.05, 3.63) is 71.8 Å². The Kier molecular flexibility index (Phi) is 5.98. The minimum Gasteiger partial charge on any atom is -0.465 e. The highest BCUT2D eigenvalue weighted by Gasteiger charge is 2.19. The van der Waals surface area contributed by atoms with Crippen LogP contribution >= 0.6 is 0 Å². The molecule has 2 N–H and O–H groups in total. The monoisotopic (exact) mass is 298 g/mol. The maximum absolute atomic E-state index is 11.3. The third kappa shape index (κ3) is 4.90. The third-order valence-corrected chi connectivity index (χ3v) is 3.72. The first-order chi connectivity index (χ1) is 10.7. The number of hydrogen-bond donors (Lipinski definition) is 2. The van der Waals surface area contributed by atoms with Gasteiger partial charge in [0.05, 0.1) is 6.04 Å². The van der Waals surface area contributed by atoms with E-state index < -0.39 is 6.09 Å². The first-order valence-electron chi connectivity index (χ1n) is 7.41. The number of likely N-dealkylation sites (N-methyl/N-ethyl adjacent to an activating group) is 1. The number of carboxylic acid groups (broad SMARTS) is 1. The molecule has 0 aliphatic heterocycles. The molecule has 0 saturated carbocycles. The molecule has 0 unspecified atom stereocenters. The topological polar surface area (TPSA) is 52.6 Å². The van der Waals surface area contributed by atoms with Crippen molar-refractivity contribution in [2.75, 3.05) is 13.6 Å². The molecular formula is C18H22N2O2. The van der Waals surface area contributed by atoms with E-state index in [-0.39, 0.29) is 6.04 Å². The van der Waals surface area contributed by atoms with Gasteiger partial charge in [0.1, 0.15) is 0 Å². The van der Waals surface area contributed by atoms with E-state index in [0.29, 0.717) is 13.0 Å². The van der Waals surface area contributed by atoms with Crippen LogP contribution in [0.2, 0.25) is 0 Å².